The van der Waals surface area contributed by atoms with Gasteiger partial charge in [-0.2, -0.15) is 0 Å². The van der Waals surface area contributed by atoms with Crippen LogP contribution in [0.3, 0.4) is 0 Å². The normalized spacial score (nSPS) is 10.4. The molecule has 35 heavy (non-hydrogen) atoms. The highest BCUT2D eigenvalue weighted by atomic mass is 16.5. The number of benzene rings is 3. The van der Waals surface area contributed by atoms with E-state index in [-0.39, 0.29) is 24.4 Å². The van der Waals surface area contributed by atoms with Crippen LogP contribution in [0.1, 0.15) is 39.5 Å². The van der Waals surface area contributed by atoms with Gasteiger partial charge in [-0.15, -0.1) is 0 Å². The van der Waals surface area contributed by atoms with Crippen molar-refractivity contribution in [1.29, 1.82) is 0 Å². The van der Waals surface area contributed by atoms with Crippen LogP contribution in [0.25, 0.3) is 0 Å². The molecule has 0 amide bonds. The van der Waals surface area contributed by atoms with Crippen molar-refractivity contribution < 1.29 is 33.3 Å². The second-order valence-electron chi connectivity index (χ2n) is 8.00. The summed E-state index contributed by atoms with van der Waals surface area (Å²) in [6, 6.07) is 16.6. The number of carbonyl (C=O) groups is 2. The third-order valence-corrected chi connectivity index (χ3v) is 5.55. The lowest BCUT2D eigenvalue weighted by Crippen LogP contribution is -2.14. The van der Waals surface area contributed by atoms with Gasteiger partial charge in [0.25, 0.3) is 0 Å². The Hall–Kier alpha value is -4.00. The van der Waals surface area contributed by atoms with E-state index in [1.165, 1.54) is 14.0 Å². The van der Waals surface area contributed by atoms with Crippen molar-refractivity contribution in [3.63, 3.8) is 0 Å². The van der Waals surface area contributed by atoms with Crippen LogP contribution in [0.4, 0.5) is 0 Å². The largest absolute Gasteiger partial charge is 0.497 e. The molecule has 0 N–H and O–H groups in total. The maximum atomic E-state index is 12.8. The maximum absolute atomic E-state index is 12.8. The highest BCUT2D eigenvalue weighted by molar-refractivity contribution is 5.97. The maximum Gasteiger partial charge on any atom is 0.341 e. The minimum absolute atomic E-state index is 0.0505. The average Bonchev–Trinajstić information content (AvgIpc) is 2.88. The second-order valence-corrected chi connectivity index (χ2v) is 8.00. The zero-order valence-electron chi connectivity index (χ0n) is 20.7. The SMILES string of the molecule is COC(=O)c1c(OCc2ccc(OC)cc2)cc(OCc2ccc(OC)cc2)c(C)c1CC(C)=O. The van der Waals surface area contributed by atoms with Gasteiger partial charge < -0.3 is 23.7 Å². The predicted octanol–water partition coefficient (Wildman–Crippen LogP) is 5.09. The predicted molar refractivity (Wildman–Crippen MR) is 132 cm³/mol. The zero-order valence-corrected chi connectivity index (χ0v) is 20.7. The molecule has 0 heterocycles. The topological polar surface area (TPSA) is 80.3 Å². The number of ketones is 1. The molecule has 0 spiro atoms. The molecular weight excluding hydrogens is 448 g/mol. The summed E-state index contributed by atoms with van der Waals surface area (Å²) in [6.07, 6.45) is 0.0505. The summed E-state index contributed by atoms with van der Waals surface area (Å²) in [7, 11) is 4.52. The van der Waals surface area contributed by atoms with Gasteiger partial charge in [0.1, 0.15) is 47.6 Å². The highest BCUT2D eigenvalue weighted by Crippen LogP contribution is 2.36. The van der Waals surface area contributed by atoms with Gasteiger partial charge in [0.05, 0.1) is 21.3 Å². The molecule has 0 radical (unpaired) electrons. The monoisotopic (exact) mass is 478 g/mol. The van der Waals surface area contributed by atoms with E-state index >= 15 is 0 Å². The quantitative estimate of drug-likeness (QED) is 0.355. The summed E-state index contributed by atoms with van der Waals surface area (Å²) >= 11 is 0. The third-order valence-electron chi connectivity index (χ3n) is 5.55. The Morgan fingerprint density at radius 1 is 0.743 bits per heavy atom. The summed E-state index contributed by atoms with van der Waals surface area (Å²) in [5, 5.41) is 0. The summed E-state index contributed by atoms with van der Waals surface area (Å²) in [6.45, 7) is 3.79. The van der Waals surface area contributed by atoms with Crippen molar-refractivity contribution in [3.8, 4) is 23.0 Å². The highest BCUT2D eigenvalue weighted by Gasteiger charge is 2.25. The minimum atomic E-state index is -0.573. The molecule has 7 nitrogen and oxygen atoms in total. The molecule has 0 fully saturated rings. The van der Waals surface area contributed by atoms with Gasteiger partial charge in [-0.25, -0.2) is 4.79 Å². The molecule has 3 aromatic rings. The lowest BCUT2D eigenvalue weighted by atomic mass is 9.95. The molecule has 0 aliphatic carbocycles. The molecule has 0 saturated carbocycles. The smallest absolute Gasteiger partial charge is 0.341 e. The third kappa shape index (κ3) is 6.53. The Bertz CT molecular complexity index is 1170. The van der Waals surface area contributed by atoms with Gasteiger partial charge in [0.2, 0.25) is 0 Å². The van der Waals surface area contributed by atoms with Crippen LogP contribution in [0.5, 0.6) is 23.0 Å². The Morgan fingerprint density at radius 2 is 1.23 bits per heavy atom. The molecule has 184 valence electrons. The van der Waals surface area contributed by atoms with Crippen molar-refractivity contribution in [2.24, 2.45) is 0 Å². The summed E-state index contributed by atoms with van der Waals surface area (Å²) in [4.78, 5) is 24.8. The number of hydrogen-bond acceptors (Lipinski definition) is 7. The molecule has 3 aromatic carbocycles. The number of rotatable bonds is 11. The number of Topliss-reactive ketones (excluding diaryl/α,β-unsaturated/α-hetero) is 1. The van der Waals surface area contributed by atoms with Gasteiger partial charge in [0.15, 0.2) is 0 Å². The molecule has 7 heteroatoms. The van der Waals surface area contributed by atoms with Crippen molar-refractivity contribution >= 4 is 11.8 Å². The number of hydrogen-bond donors (Lipinski definition) is 0. The molecule has 0 bridgehead atoms. The van der Waals surface area contributed by atoms with Crippen molar-refractivity contribution in [1.82, 2.24) is 0 Å². The van der Waals surface area contributed by atoms with E-state index in [2.05, 4.69) is 0 Å². The van der Waals surface area contributed by atoms with Gasteiger partial charge in [-0.1, -0.05) is 24.3 Å². The van der Waals surface area contributed by atoms with Crippen LogP contribution in [0.15, 0.2) is 54.6 Å². The van der Waals surface area contributed by atoms with Crippen molar-refractivity contribution in [3.05, 3.63) is 82.4 Å². The van der Waals surface area contributed by atoms with Gasteiger partial charge in [-0.05, 0) is 60.4 Å². The Kier molecular flexibility index (Phi) is 8.73. The van der Waals surface area contributed by atoms with E-state index < -0.39 is 5.97 Å². The fourth-order valence-electron chi connectivity index (χ4n) is 3.61. The van der Waals surface area contributed by atoms with E-state index in [1.807, 2.05) is 55.5 Å². The number of carbonyl (C=O) groups excluding carboxylic acids is 2. The van der Waals surface area contributed by atoms with E-state index in [1.54, 1.807) is 20.3 Å². The molecule has 0 aromatic heterocycles. The summed E-state index contributed by atoms with van der Waals surface area (Å²) < 4.78 is 27.6. The first kappa shape index (κ1) is 25.6. The zero-order chi connectivity index (χ0) is 25.4. The molecule has 0 aliphatic rings. The first-order valence-corrected chi connectivity index (χ1v) is 11.1. The van der Waals surface area contributed by atoms with Crippen LogP contribution in [0, 0.1) is 6.92 Å². The fourth-order valence-corrected chi connectivity index (χ4v) is 3.61. The van der Waals surface area contributed by atoms with Gasteiger partial charge >= 0.3 is 5.97 Å². The lowest BCUT2D eigenvalue weighted by molar-refractivity contribution is -0.116. The Balaban J connectivity index is 1.96. The van der Waals surface area contributed by atoms with Crippen molar-refractivity contribution in [2.45, 2.75) is 33.5 Å². The van der Waals surface area contributed by atoms with Gasteiger partial charge in [0, 0.05) is 12.5 Å². The number of ether oxygens (including phenoxy) is 5. The number of methoxy groups -OCH3 is 3. The molecule has 0 aliphatic heterocycles. The van der Waals surface area contributed by atoms with E-state index in [0.29, 0.717) is 29.2 Å². The number of esters is 1. The van der Waals surface area contributed by atoms with E-state index in [4.69, 9.17) is 23.7 Å². The average molecular weight is 479 g/mol. The standard InChI is InChI=1S/C28H30O7/c1-18(29)14-24-19(2)25(34-16-20-6-10-22(31-3)11-7-20)15-26(27(24)28(30)33-5)35-17-21-8-12-23(32-4)13-9-21/h6-13,15H,14,16-17H2,1-5H3. The van der Waals surface area contributed by atoms with Crippen LogP contribution >= 0.6 is 0 Å². The summed E-state index contributed by atoms with van der Waals surface area (Å²) in [5.74, 6) is 1.64. The minimum Gasteiger partial charge on any atom is -0.497 e. The first-order chi connectivity index (χ1) is 16.9. The Labute approximate surface area is 205 Å². The molecule has 3 rings (SSSR count). The Morgan fingerprint density at radius 3 is 1.66 bits per heavy atom. The molecule has 0 saturated heterocycles. The van der Waals surface area contributed by atoms with Crippen LogP contribution < -0.4 is 18.9 Å². The van der Waals surface area contributed by atoms with E-state index in [9.17, 15) is 9.59 Å². The van der Waals surface area contributed by atoms with E-state index in [0.717, 1.165) is 22.6 Å². The van der Waals surface area contributed by atoms with Crippen LogP contribution in [0.2, 0.25) is 0 Å². The molecule has 0 atom stereocenters. The lowest BCUT2D eigenvalue weighted by Gasteiger charge is -2.20. The molecular formula is C28H30O7. The fraction of sp³-hybridized carbons (Fsp3) is 0.286. The van der Waals surface area contributed by atoms with Crippen LogP contribution in [-0.4, -0.2) is 33.1 Å². The summed E-state index contributed by atoms with van der Waals surface area (Å²) in [5.41, 5.74) is 3.27. The van der Waals surface area contributed by atoms with Gasteiger partial charge in [-0.3, -0.25) is 4.79 Å². The van der Waals surface area contributed by atoms with Crippen LogP contribution in [-0.2, 0) is 29.2 Å². The molecule has 0 unspecified atom stereocenters. The second kappa shape index (κ2) is 11.9. The van der Waals surface area contributed by atoms with Crippen molar-refractivity contribution in [2.75, 3.05) is 21.3 Å². The first-order valence-electron chi connectivity index (χ1n) is 11.1.